The van der Waals surface area contributed by atoms with Gasteiger partial charge in [0.2, 0.25) is 5.91 Å². The van der Waals surface area contributed by atoms with Crippen LogP contribution in [0, 0.1) is 0 Å². The summed E-state index contributed by atoms with van der Waals surface area (Å²) in [5.41, 5.74) is 0.951. The Hall–Kier alpha value is -2.53. The van der Waals surface area contributed by atoms with Crippen LogP contribution in [0.1, 0.15) is 32.3 Å². The van der Waals surface area contributed by atoms with Gasteiger partial charge in [-0.2, -0.15) is 0 Å². The smallest absolute Gasteiger partial charge is 0.261 e. The maximum Gasteiger partial charge on any atom is 0.261 e. The van der Waals surface area contributed by atoms with Gasteiger partial charge < -0.3 is 15.0 Å². The normalized spacial score (nSPS) is 11.5. The van der Waals surface area contributed by atoms with E-state index in [9.17, 15) is 9.59 Å². The van der Waals surface area contributed by atoms with Crippen molar-refractivity contribution in [1.29, 1.82) is 0 Å². The van der Waals surface area contributed by atoms with Crippen LogP contribution in [0.25, 0.3) is 0 Å². The van der Waals surface area contributed by atoms with Crippen LogP contribution in [0.4, 0.5) is 0 Å². The molecular weight excluding hydrogens is 376 g/mol. The molecule has 0 unspecified atom stereocenters. The Bertz CT molecular complexity index is 767. The Morgan fingerprint density at radius 1 is 1.14 bits per heavy atom. The lowest BCUT2D eigenvalue weighted by Gasteiger charge is -2.28. The predicted molar refractivity (Wildman–Crippen MR) is 111 cm³/mol. The van der Waals surface area contributed by atoms with Gasteiger partial charge in [0.05, 0.1) is 0 Å². The number of nitrogens with zero attached hydrogens (tertiary/aromatic N) is 1. The highest BCUT2D eigenvalue weighted by Gasteiger charge is 2.26. The van der Waals surface area contributed by atoms with Gasteiger partial charge in [0.1, 0.15) is 11.8 Å². The number of halogens is 1. The zero-order valence-corrected chi connectivity index (χ0v) is 17.1. The lowest BCUT2D eigenvalue weighted by Crippen LogP contribution is -2.49. The molecular formula is C22H27ClN2O3. The Balaban J connectivity index is 2.07. The van der Waals surface area contributed by atoms with Crippen molar-refractivity contribution < 1.29 is 14.3 Å². The molecule has 28 heavy (non-hydrogen) atoms. The van der Waals surface area contributed by atoms with Gasteiger partial charge >= 0.3 is 0 Å². The summed E-state index contributed by atoms with van der Waals surface area (Å²) >= 11 is 5.95. The number of benzene rings is 2. The van der Waals surface area contributed by atoms with Crippen molar-refractivity contribution in [2.45, 2.75) is 39.3 Å². The molecule has 150 valence electrons. The second-order valence-electron chi connectivity index (χ2n) is 6.57. The summed E-state index contributed by atoms with van der Waals surface area (Å²) in [6, 6.07) is 15.9. The topological polar surface area (TPSA) is 58.6 Å². The maximum absolute atomic E-state index is 12.9. The molecule has 1 N–H and O–H groups in total. The Morgan fingerprint density at radius 3 is 2.57 bits per heavy atom. The van der Waals surface area contributed by atoms with Gasteiger partial charge in [0.25, 0.3) is 5.91 Å². The van der Waals surface area contributed by atoms with Crippen LogP contribution >= 0.6 is 11.6 Å². The fourth-order valence-corrected chi connectivity index (χ4v) is 2.86. The van der Waals surface area contributed by atoms with Crippen LogP contribution in [0.3, 0.4) is 0 Å². The first-order valence-corrected chi connectivity index (χ1v) is 9.88. The molecule has 2 rings (SSSR count). The summed E-state index contributed by atoms with van der Waals surface area (Å²) in [4.78, 5) is 26.9. The van der Waals surface area contributed by atoms with Gasteiger partial charge in [-0.1, -0.05) is 61.3 Å². The average molecular weight is 403 g/mol. The number of carbonyl (C=O) groups is 2. The van der Waals surface area contributed by atoms with Crippen molar-refractivity contribution in [2.24, 2.45) is 0 Å². The minimum absolute atomic E-state index is 0.166. The van der Waals surface area contributed by atoms with E-state index in [1.165, 1.54) is 0 Å². The summed E-state index contributed by atoms with van der Waals surface area (Å²) in [5.74, 6) is 0.0861. The van der Waals surface area contributed by atoms with Gasteiger partial charge in [0, 0.05) is 18.1 Å². The fraction of sp³-hybridized carbons (Fsp3) is 0.364. The van der Waals surface area contributed by atoms with Crippen LogP contribution in [0.15, 0.2) is 54.6 Å². The highest BCUT2D eigenvalue weighted by Crippen LogP contribution is 2.17. The van der Waals surface area contributed by atoms with Crippen LogP contribution in [-0.4, -0.2) is 35.9 Å². The quantitative estimate of drug-likeness (QED) is 0.610. The molecule has 0 aromatic heterocycles. The van der Waals surface area contributed by atoms with Crippen molar-refractivity contribution in [3.05, 3.63) is 65.2 Å². The van der Waals surface area contributed by atoms with E-state index >= 15 is 0 Å². The van der Waals surface area contributed by atoms with Crippen LogP contribution in [-0.2, 0) is 16.1 Å². The first kappa shape index (κ1) is 21.8. The van der Waals surface area contributed by atoms with Crippen molar-refractivity contribution in [1.82, 2.24) is 10.2 Å². The molecule has 0 saturated heterocycles. The summed E-state index contributed by atoms with van der Waals surface area (Å²) in [7, 11) is 0. The molecule has 2 aromatic carbocycles. The lowest BCUT2D eigenvalue weighted by atomic mass is 10.1. The number of amides is 2. The Morgan fingerprint density at radius 2 is 1.89 bits per heavy atom. The van der Waals surface area contributed by atoms with E-state index in [-0.39, 0.29) is 18.4 Å². The number of hydrogen-bond acceptors (Lipinski definition) is 3. The maximum atomic E-state index is 12.9. The zero-order chi connectivity index (χ0) is 20.4. The van der Waals surface area contributed by atoms with Crippen LogP contribution in [0.5, 0.6) is 5.75 Å². The molecule has 6 heteroatoms. The molecule has 0 spiro atoms. The molecule has 0 heterocycles. The van der Waals surface area contributed by atoms with Crippen LogP contribution < -0.4 is 10.1 Å². The zero-order valence-electron chi connectivity index (χ0n) is 16.4. The Labute approximate surface area is 171 Å². The van der Waals surface area contributed by atoms with Gasteiger partial charge in [0.15, 0.2) is 6.61 Å². The van der Waals surface area contributed by atoms with Crippen LogP contribution in [0.2, 0.25) is 5.02 Å². The van der Waals surface area contributed by atoms with Gasteiger partial charge in [-0.25, -0.2) is 0 Å². The number of ether oxygens (including phenoxy) is 1. The SMILES string of the molecule is CCCCNC(=O)[C@@H](C)N(Cc1ccccc1)C(=O)COc1cccc(Cl)c1. The second-order valence-corrected chi connectivity index (χ2v) is 7.01. The van der Waals surface area contributed by atoms with Gasteiger partial charge in [-0.15, -0.1) is 0 Å². The summed E-state index contributed by atoms with van der Waals surface area (Å²) in [6.45, 7) is 4.57. The van der Waals surface area contributed by atoms with E-state index in [0.717, 1.165) is 18.4 Å². The predicted octanol–water partition coefficient (Wildman–Crippen LogP) is 4.05. The minimum atomic E-state index is -0.604. The van der Waals surface area contributed by atoms with E-state index in [0.29, 0.717) is 23.9 Å². The number of carbonyl (C=O) groups excluding carboxylic acids is 2. The third-order valence-corrected chi connectivity index (χ3v) is 4.59. The lowest BCUT2D eigenvalue weighted by molar-refractivity contribution is -0.142. The fourth-order valence-electron chi connectivity index (χ4n) is 2.68. The molecule has 0 bridgehead atoms. The standard InChI is InChI=1S/C22H27ClN2O3/c1-3-4-13-24-22(27)17(2)25(15-18-9-6-5-7-10-18)21(26)16-28-20-12-8-11-19(23)14-20/h5-12,14,17H,3-4,13,15-16H2,1-2H3,(H,24,27)/t17-/m1/s1. The Kier molecular flexibility index (Phi) is 8.82. The number of hydrogen-bond donors (Lipinski definition) is 1. The first-order valence-electron chi connectivity index (χ1n) is 9.50. The van der Waals surface area contributed by atoms with E-state index in [1.54, 1.807) is 36.1 Å². The minimum Gasteiger partial charge on any atom is -0.484 e. The molecule has 2 aromatic rings. The highest BCUT2D eigenvalue weighted by atomic mass is 35.5. The molecule has 0 fully saturated rings. The van der Waals surface area contributed by atoms with Crippen molar-refractivity contribution >= 4 is 23.4 Å². The highest BCUT2D eigenvalue weighted by molar-refractivity contribution is 6.30. The van der Waals surface area contributed by atoms with E-state index < -0.39 is 6.04 Å². The number of nitrogens with one attached hydrogen (secondary N) is 1. The molecule has 0 saturated carbocycles. The molecule has 2 amide bonds. The summed E-state index contributed by atoms with van der Waals surface area (Å²) in [5, 5.41) is 3.43. The summed E-state index contributed by atoms with van der Waals surface area (Å²) < 4.78 is 5.59. The van der Waals surface area contributed by atoms with E-state index in [1.807, 2.05) is 30.3 Å². The summed E-state index contributed by atoms with van der Waals surface area (Å²) in [6.07, 6.45) is 1.90. The third kappa shape index (κ3) is 6.89. The third-order valence-electron chi connectivity index (χ3n) is 4.35. The average Bonchev–Trinajstić information content (AvgIpc) is 2.70. The first-order chi connectivity index (χ1) is 13.5. The number of unbranched alkanes of at least 4 members (excludes halogenated alkanes) is 1. The van der Waals surface area contributed by atoms with Crippen molar-refractivity contribution in [3.8, 4) is 5.75 Å². The second kappa shape index (κ2) is 11.3. The monoisotopic (exact) mass is 402 g/mol. The molecule has 5 nitrogen and oxygen atoms in total. The van der Waals surface area contributed by atoms with Crippen molar-refractivity contribution in [2.75, 3.05) is 13.2 Å². The van der Waals surface area contributed by atoms with E-state index in [2.05, 4.69) is 12.2 Å². The number of rotatable bonds is 10. The molecule has 0 aliphatic carbocycles. The largest absolute Gasteiger partial charge is 0.484 e. The molecule has 0 radical (unpaired) electrons. The van der Waals surface area contributed by atoms with Gasteiger partial charge in [-0.3, -0.25) is 9.59 Å². The van der Waals surface area contributed by atoms with E-state index in [4.69, 9.17) is 16.3 Å². The molecule has 1 atom stereocenters. The van der Waals surface area contributed by atoms with Gasteiger partial charge in [-0.05, 0) is 37.1 Å². The molecule has 0 aliphatic rings. The molecule has 0 aliphatic heterocycles. The van der Waals surface area contributed by atoms with Crippen molar-refractivity contribution in [3.63, 3.8) is 0 Å².